The van der Waals surface area contributed by atoms with E-state index < -0.39 is 71.2 Å². The summed E-state index contributed by atoms with van der Waals surface area (Å²) in [5.41, 5.74) is -6.12. The van der Waals surface area contributed by atoms with E-state index in [2.05, 4.69) is 4.98 Å². The molecule has 2 fully saturated rings. The van der Waals surface area contributed by atoms with Crippen molar-refractivity contribution in [1.29, 1.82) is 0 Å². The molecule has 1 atom stereocenters. The number of cyclic esters (lactones) is 1. The highest BCUT2D eigenvalue weighted by atomic mass is 19.4. The molecule has 2 aromatic carbocycles. The number of alkyl halides is 9. The third kappa shape index (κ3) is 6.42. The van der Waals surface area contributed by atoms with Crippen molar-refractivity contribution in [2.45, 2.75) is 62.4 Å². The average Bonchev–Trinajstić information content (AvgIpc) is 3.71. The van der Waals surface area contributed by atoms with Crippen LogP contribution in [0.3, 0.4) is 0 Å². The molecule has 1 spiro atoms. The Morgan fingerprint density at radius 2 is 1.57 bits per heavy atom. The molecule has 5 rings (SSSR count). The first kappa shape index (κ1) is 32.9. The predicted octanol–water partition coefficient (Wildman–Crippen LogP) is 8.06. The van der Waals surface area contributed by atoms with Crippen molar-refractivity contribution in [3.8, 4) is 16.9 Å². The monoisotopic (exact) mass is 662 g/mol. The third-order valence-electron chi connectivity index (χ3n) is 7.89. The predicted molar refractivity (Wildman–Crippen MR) is 140 cm³/mol. The number of ether oxygens (including phenoxy) is 2. The minimum atomic E-state index is -5.16. The van der Waals surface area contributed by atoms with Gasteiger partial charge >= 0.3 is 30.6 Å². The number of carbonyl (C=O) groups excluding carboxylic acids is 1. The first-order valence-corrected chi connectivity index (χ1v) is 13.6. The van der Waals surface area contributed by atoms with Crippen LogP contribution in [0.5, 0.6) is 5.75 Å². The Hall–Kier alpha value is -4.50. The van der Waals surface area contributed by atoms with E-state index in [0.717, 1.165) is 11.0 Å². The van der Waals surface area contributed by atoms with E-state index in [-0.39, 0.29) is 54.3 Å². The Labute approximate surface area is 254 Å². The fourth-order valence-electron chi connectivity index (χ4n) is 5.54. The molecule has 1 N–H and O–H groups in total. The molecule has 1 aliphatic heterocycles. The van der Waals surface area contributed by atoms with Gasteiger partial charge in [0.1, 0.15) is 11.4 Å². The van der Waals surface area contributed by atoms with Crippen LogP contribution in [0.1, 0.15) is 59.0 Å². The molecule has 16 heteroatoms. The second-order valence-electron chi connectivity index (χ2n) is 10.9. The summed E-state index contributed by atoms with van der Waals surface area (Å²) in [7, 11) is 1.29. The zero-order valence-corrected chi connectivity index (χ0v) is 23.6. The van der Waals surface area contributed by atoms with Crippen LogP contribution in [0.2, 0.25) is 0 Å². The number of aliphatic carboxylic acids is 1. The van der Waals surface area contributed by atoms with Crippen LogP contribution in [0.4, 0.5) is 44.3 Å². The molecule has 0 radical (unpaired) electrons. The van der Waals surface area contributed by atoms with Gasteiger partial charge in [-0.1, -0.05) is 12.1 Å². The van der Waals surface area contributed by atoms with Crippen LogP contribution in [0.25, 0.3) is 11.1 Å². The molecular formula is C30H23F9N2O5. The lowest BCUT2D eigenvalue weighted by Crippen LogP contribution is -2.36. The number of benzene rings is 2. The van der Waals surface area contributed by atoms with Crippen LogP contribution in [-0.2, 0) is 41.0 Å². The van der Waals surface area contributed by atoms with Crippen molar-refractivity contribution < 1.29 is 63.7 Å². The molecule has 1 aliphatic carbocycles. The number of methoxy groups -OCH3 is 1. The van der Waals surface area contributed by atoms with Crippen LogP contribution in [0.15, 0.2) is 48.5 Å². The Morgan fingerprint density at radius 1 is 0.935 bits per heavy atom. The molecule has 1 unspecified atom stereocenters. The van der Waals surface area contributed by atoms with Gasteiger partial charge < -0.3 is 14.6 Å². The van der Waals surface area contributed by atoms with Crippen LogP contribution < -0.4 is 4.74 Å². The van der Waals surface area contributed by atoms with Crippen LogP contribution >= 0.6 is 0 Å². The van der Waals surface area contributed by atoms with Gasteiger partial charge in [0, 0.05) is 17.5 Å². The van der Waals surface area contributed by atoms with Gasteiger partial charge in [0.05, 0.1) is 36.0 Å². The van der Waals surface area contributed by atoms with Gasteiger partial charge in [-0.2, -0.15) is 39.5 Å². The fourth-order valence-corrected chi connectivity index (χ4v) is 5.54. The second kappa shape index (κ2) is 11.4. The number of pyridine rings is 1. The maximum absolute atomic E-state index is 13.8. The van der Waals surface area contributed by atoms with E-state index in [1.54, 1.807) is 6.07 Å². The highest BCUT2D eigenvalue weighted by Crippen LogP contribution is 2.58. The molecule has 1 saturated heterocycles. The van der Waals surface area contributed by atoms with E-state index in [1.807, 2.05) is 0 Å². The number of carbonyl (C=O) groups is 2. The maximum Gasteiger partial charge on any atom is 0.433 e. The van der Waals surface area contributed by atoms with Crippen molar-refractivity contribution in [3.63, 3.8) is 0 Å². The maximum atomic E-state index is 13.8. The molecule has 0 bridgehead atoms. The minimum absolute atomic E-state index is 0.0611. The molecule has 2 aliphatic rings. The lowest BCUT2D eigenvalue weighted by Gasteiger charge is -2.26. The summed E-state index contributed by atoms with van der Waals surface area (Å²) >= 11 is 0. The van der Waals surface area contributed by atoms with Gasteiger partial charge in [-0.15, -0.1) is 0 Å². The highest BCUT2D eigenvalue weighted by Gasteiger charge is 2.64. The standard InChI is InChI=1S/C30H23F9N2O5/c1-45-22-5-2-15(3-7-24(42)43)10-20(22)19-4-6-23(30(37,38)39)40-21(19)14-41-26(44)46-25(27(41)8-9-27)16-11-17(28(31,32)33)13-18(12-16)29(34,35)36/h2,4-6,10-13,25H,3,7-9,14H2,1H3,(H,42,43). The van der Waals surface area contributed by atoms with E-state index in [1.165, 1.54) is 19.2 Å². The first-order chi connectivity index (χ1) is 21.3. The molecule has 246 valence electrons. The number of aromatic nitrogens is 1. The summed E-state index contributed by atoms with van der Waals surface area (Å²) in [5, 5.41) is 9.06. The van der Waals surface area contributed by atoms with Crippen molar-refractivity contribution >= 4 is 12.1 Å². The largest absolute Gasteiger partial charge is 0.496 e. The molecule has 3 aromatic rings. The van der Waals surface area contributed by atoms with E-state index in [4.69, 9.17) is 14.6 Å². The number of hydrogen-bond acceptors (Lipinski definition) is 5. The number of halogens is 9. The summed E-state index contributed by atoms with van der Waals surface area (Å²) in [4.78, 5) is 29.0. The number of carboxylic acid groups (broad SMARTS) is 1. The summed E-state index contributed by atoms with van der Waals surface area (Å²) < 4.78 is 133. The number of hydrogen-bond donors (Lipinski definition) is 1. The lowest BCUT2D eigenvalue weighted by molar-refractivity contribution is -0.143. The van der Waals surface area contributed by atoms with E-state index in [0.29, 0.717) is 23.8 Å². The Kier molecular flexibility index (Phi) is 8.14. The summed E-state index contributed by atoms with van der Waals surface area (Å²) in [6, 6.07) is 7.17. The smallest absolute Gasteiger partial charge is 0.433 e. The normalized spacial score (nSPS) is 17.7. The zero-order chi connectivity index (χ0) is 33.8. The van der Waals surface area contributed by atoms with Gasteiger partial charge in [0.2, 0.25) is 0 Å². The molecule has 7 nitrogen and oxygen atoms in total. The summed E-state index contributed by atoms with van der Waals surface area (Å²) in [6.45, 7) is -0.651. The lowest BCUT2D eigenvalue weighted by atomic mass is 9.94. The van der Waals surface area contributed by atoms with Crippen molar-refractivity contribution in [3.05, 3.63) is 82.2 Å². The number of nitrogens with zero attached hydrogens (tertiary/aromatic N) is 2. The Bertz CT molecular complexity index is 1650. The summed E-state index contributed by atoms with van der Waals surface area (Å²) in [5.74, 6) is -0.914. The minimum Gasteiger partial charge on any atom is -0.496 e. The molecular weight excluding hydrogens is 639 g/mol. The zero-order valence-electron chi connectivity index (χ0n) is 23.6. The molecule has 1 aromatic heterocycles. The molecule has 46 heavy (non-hydrogen) atoms. The van der Waals surface area contributed by atoms with Crippen LogP contribution in [0, 0.1) is 0 Å². The SMILES string of the molecule is COc1ccc(CCC(=O)O)cc1-c1ccc(C(F)(F)F)nc1CN1C(=O)OC(c2cc(C(F)(F)F)cc(C(F)(F)F)c2)C12CC2. The molecule has 1 amide bonds. The van der Waals surface area contributed by atoms with Crippen molar-refractivity contribution in [1.82, 2.24) is 9.88 Å². The number of rotatable bonds is 8. The number of aryl methyl sites for hydroxylation is 1. The Morgan fingerprint density at radius 3 is 2.09 bits per heavy atom. The molecule has 1 saturated carbocycles. The van der Waals surface area contributed by atoms with Gasteiger partial charge in [0.15, 0.2) is 6.10 Å². The van der Waals surface area contributed by atoms with Gasteiger partial charge in [0.25, 0.3) is 0 Å². The second-order valence-corrected chi connectivity index (χ2v) is 10.9. The summed E-state index contributed by atoms with van der Waals surface area (Å²) in [6.07, 6.45) is -18.0. The Balaban J connectivity index is 1.58. The third-order valence-corrected chi connectivity index (χ3v) is 7.89. The van der Waals surface area contributed by atoms with Crippen LogP contribution in [-0.4, -0.2) is 39.7 Å². The highest BCUT2D eigenvalue weighted by molar-refractivity contribution is 5.76. The topological polar surface area (TPSA) is 89.0 Å². The quantitative estimate of drug-likeness (QED) is 0.246. The van der Waals surface area contributed by atoms with Gasteiger partial charge in [-0.3, -0.25) is 9.69 Å². The average molecular weight is 663 g/mol. The van der Waals surface area contributed by atoms with E-state index >= 15 is 0 Å². The fraction of sp³-hybridized carbons (Fsp3) is 0.367. The number of carboxylic acids is 1. The van der Waals surface area contributed by atoms with Crippen molar-refractivity contribution in [2.75, 3.05) is 7.11 Å². The first-order valence-electron chi connectivity index (χ1n) is 13.6. The van der Waals surface area contributed by atoms with Gasteiger partial charge in [-0.25, -0.2) is 9.78 Å². The van der Waals surface area contributed by atoms with E-state index in [9.17, 15) is 49.1 Å². The molecule has 2 heterocycles. The van der Waals surface area contributed by atoms with Gasteiger partial charge in [-0.05, 0) is 66.8 Å². The van der Waals surface area contributed by atoms with Crippen molar-refractivity contribution in [2.24, 2.45) is 0 Å². The number of amides is 1.